The van der Waals surface area contributed by atoms with Crippen molar-refractivity contribution >= 4 is 11.9 Å². The number of nitrogens with zero attached hydrogens (tertiary/aromatic N) is 2. The third-order valence-electron chi connectivity index (χ3n) is 5.12. The second kappa shape index (κ2) is 13.7. The number of hydrogen-bond acceptors (Lipinski definition) is 5. The first-order valence-corrected chi connectivity index (χ1v) is 11.4. The van der Waals surface area contributed by atoms with Crippen LogP contribution in [0.25, 0.3) is 0 Å². The summed E-state index contributed by atoms with van der Waals surface area (Å²) in [5.74, 6) is 2.36. The van der Waals surface area contributed by atoms with Gasteiger partial charge in [0, 0.05) is 32.2 Å². The minimum atomic E-state index is -0.0877. The number of likely N-dealkylation sites (tertiary alicyclic amines) is 1. The van der Waals surface area contributed by atoms with Crippen LogP contribution in [0, 0.1) is 0 Å². The zero-order valence-electron chi connectivity index (χ0n) is 19.4. The number of benzene rings is 1. The van der Waals surface area contributed by atoms with Gasteiger partial charge in [-0.25, -0.2) is 4.99 Å². The predicted octanol–water partition coefficient (Wildman–Crippen LogP) is 2.01. The van der Waals surface area contributed by atoms with E-state index in [9.17, 15) is 4.79 Å². The van der Waals surface area contributed by atoms with E-state index in [0.29, 0.717) is 19.1 Å². The van der Waals surface area contributed by atoms with Crippen LogP contribution < -0.4 is 25.4 Å². The Kier molecular flexibility index (Phi) is 11.0. The lowest BCUT2D eigenvalue weighted by molar-refractivity contribution is -0.122. The number of guanidine groups is 1. The number of carbonyl (C=O) groups excluding carboxylic acids is 1. The van der Waals surface area contributed by atoms with Gasteiger partial charge in [-0.2, -0.15) is 0 Å². The van der Waals surface area contributed by atoms with Crippen molar-refractivity contribution in [1.29, 1.82) is 0 Å². The summed E-state index contributed by atoms with van der Waals surface area (Å²) in [6, 6.07) is 7.98. The van der Waals surface area contributed by atoms with Crippen molar-refractivity contribution < 1.29 is 14.3 Å². The highest BCUT2D eigenvalue weighted by molar-refractivity contribution is 5.80. The molecule has 1 unspecified atom stereocenters. The van der Waals surface area contributed by atoms with Gasteiger partial charge in [0.05, 0.1) is 20.2 Å². The molecule has 1 heterocycles. The SMILES string of the molecule is CCCNC(=O)CN1CCC(NC(=NCC(C)Oc2ccccc2OC)NCC)CC1. The van der Waals surface area contributed by atoms with E-state index < -0.39 is 0 Å². The molecular weight excluding hydrogens is 394 g/mol. The van der Waals surface area contributed by atoms with Crippen molar-refractivity contribution in [1.82, 2.24) is 20.9 Å². The molecule has 0 aliphatic carbocycles. The molecule has 8 nitrogen and oxygen atoms in total. The third kappa shape index (κ3) is 9.04. The third-order valence-corrected chi connectivity index (χ3v) is 5.12. The van der Waals surface area contributed by atoms with Crippen molar-refractivity contribution in [2.45, 2.75) is 52.2 Å². The Morgan fingerprint density at radius 2 is 1.90 bits per heavy atom. The number of rotatable bonds is 11. The van der Waals surface area contributed by atoms with Gasteiger partial charge in [0.15, 0.2) is 17.5 Å². The smallest absolute Gasteiger partial charge is 0.234 e. The summed E-state index contributed by atoms with van der Waals surface area (Å²) >= 11 is 0. The molecule has 3 N–H and O–H groups in total. The maximum Gasteiger partial charge on any atom is 0.234 e. The van der Waals surface area contributed by atoms with Gasteiger partial charge in [-0.1, -0.05) is 19.1 Å². The van der Waals surface area contributed by atoms with Gasteiger partial charge in [-0.15, -0.1) is 0 Å². The minimum Gasteiger partial charge on any atom is -0.493 e. The number of piperidine rings is 1. The molecule has 1 fully saturated rings. The Balaban J connectivity index is 1.80. The lowest BCUT2D eigenvalue weighted by Gasteiger charge is -2.32. The lowest BCUT2D eigenvalue weighted by atomic mass is 10.1. The quantitative estimate of drug-likeness (QED) is 0.366. The number of nitrogens with one attached hydrogen (secondary N) is 3. The molecule has 0 bridgehead atoms. The summed E-state index contributed by atoms with van der Waals surface area (Å²) in [6.45, 7) is 10.5. The molecule has 1 aromatic rings. The monoisotopic (exact) mass is 433 g/mol. The minimum absolute atomic E-state index is 0.0877. The van der Waals surface area contributed by atoms with Crippen molar-refractivity contribution in [2.75, 3.05) is 46.4 Å². The van der Waals surface area contributed by atoms with Gasteiger partial charge in [0.2, 0.25) is 5.91 Å². The summed E-state index contributed by atoms with van der Waals surface area (Å²) in [4.78, 5) is 18.8. The van der Waals surface area contributed by atoms with Gasteiger partial charge >= 0.3 is 0 Å². The fourth-order valence-electron chi connectivity index (χ4n) is 3.46. The molecule has 0 saturated carbocycles. The summed E-state index contributed by atoms with van der Waals surface area (Å²) in [5.41, 5.74) is 0. The average Bonchev–Trinajstić information content (AvgIpc) is 2.78. The van der Waals surface area contributed by atoms with Gasteiger partial charge in [-0.3, -0.25) is 9.69 Å². The van der Waals surface area contributed by atoms with Crippen LogP contribution in [0.5, 0.6) is 11.5 Å². The number of amides is 1. The molecular formula is C23H39N5O3. The summed E-state index contributed by atoms with van der Waals surface area (Å²) in [6.07, 6.45) is 2.85. The van der Waals surface area contributed by atoms with E-state index in [0.717, 1.165) is 62.9 Å². The second-order valence-corrected chi connectivity index (χ2v) is 7.84. The highest BCUT2D eigenvalue weighted by Crippen LogP contribution is 2.26. The molecule has 1 aromatic carbocycles. The highest BCUT2D eigenvalue weighted by Gasteiger charge is 2.21. The maximum absolute atomic E-state index is 11.9. The highest BCUT2D eigenvalue weighted by atomic mass is 16.5. The summed E-state index contributed by atoms with van der Waals surface area (Å²) in [7, 11) is 1.64. The van der Waals surface area contributed by atoms with Crippen LogP contribution >= 0.6 is 0 Å². The molecule has 0 aromatic heterocycles. The van der Waals surface area contributed by atoms with Crippen LogP contribution in [0.15, 0.2) is 29.3 Å². The number of para-hydroxylation sites is 2. The zero-order valence-corrected chi connectivity index (χ0v) is 19.4. The van der Waals surface area contributed by atoms with Gasteiger partial charge in [0.1, 0.15) is 6.10 Å². The van der Waals surface area contributed by atoms with Crippen LogP contribution in [0.1, 0.15) is 40.0 Å². The Hall–Kier alpha value is -2.48. The molecule has 0 radical (unpaired) electrons. The predicted molar refractivity (Wildman–Crippen MR) is 125 cm³/mol. The van der Waals surface area contributed by atoms with Crippen LogP contribution in [0.2, 0.25) is 0 Å². The first-order valence-electron chi connectivity index (χ1n) is 11.4. The van der Waals surface area contributed by atoms with E-state index in [1.807, 2.05) is 31.2 Å². The Bertz CT molecular complexity index is 690. The van der Waals surface area contributed by atoms with Crippen LogP contribution in [0.4, 0.5) is 0 Å². The van der Waals surface area contributed by atoms with E-state index in [1.54, 1.807) is 7.11 Å². The molecule has 2 rings (SSSR count). The molecule has 1 amide bonds. The van der Waals surface area contributed by atoms with Crippen molar-refractivity contribution in [3.05, 3.63) is 24.3 Å². The molecule has 8 heteroatoms. The number of hydrogen-bond donors (Lipinski definition) is 3. The topological polar surface area (TPSA) is 87.2 Å². The molecule has 1 aliphatic rings. The zero-order chi connectivity index (χ0) is 22.5. The van der Waals surface area contributed by atoms with Crippen LogP contribution in [-0.4, -0.2) is 75.3 Å². The first kappa shape index (κ1) is 24.8. The Morgan fingerprint density at radius 3 is 2.55 bits per heavy atom. The summed E-state index contributed by atoms with van der Waals surface area (Å²) < 4.78 is 11.3. The summed E-state index contributed by atoms with van der Waals surface area (Å²) in [5, 5.41) is 9.80. The molecule has 174 valence electrons. The largest absolute Gasteiger partial charge is 0.493 e. The van der Waals surface area contributed by atoms with Gasteiger partial charge in [-0.05, 0) is 45.2 Å². The normalized spacial score (nSPS) is 16.5. The molecule has 0 spiro atoms. The maximum atomic E-state index is 11.9. The number of methoxy groups -OCH3 is 1. The van der Waals surface area contributed by atoms with E-state index >= 15 is 0 Å². The number of carbonyl (C=O) groups is 1. The molecule has 1 atom stereocenters. The molecule has 1 aliphatic heterocycles. The average molecular weight is 434 g/mol. The van der Waals surface area contributed by atoms with E-state index in [4.69, 9.17) is 14.5 Å². The van der Waals surface area contributed by atoms with Crippen molar-refractivity contribution in [3.8, 4) is 11.5 Å². The van der Waals surface area contributed by atoms with E-state index in [-0.39, 0.29) is 12.0 Å². The lowest BCUT2D eigenvalue weighted by Crippen LogP contribution is -2.50. The standard InChI is InChI=1S/C23H39N5O3/c1-5-13-25-22(29)17-28-14-11-19(12-15-28)27-23(24-6-2)26-16-18(3)31-21-10-8-7-9-20(21)30-4/h7-10,18-19H,5-6,11-17H2,1-4H3,(H,25,29)(H2,24,26,27). The van der Waals surface area contributed by atoms with Gasteiger partial charge < -0.3 is 25.4 Å². The van der Waals surface area contributed by atoms with E-state index in [1.165, 1.54) is 0 Å². The van der Waals surface area contributed by atoms with E-state index in [2.05, 4.69) is 34.7 Å². The van der Waals surface area contributed by atoms with Crippen molar-refractivity contribution in [2.24, 2.45) is 4.99 Å². The first-order chi connectivity index (χ1) is 15.0. The molecule has 1 saturated heterocycles. The second-order valence-electron chi connectivity index (χ2n) is 7.84. The van der Waals surface area contributed by atoms with Gasteiger partial charge in [0.25, 0.3) is 0 Å². The fraction of sp³-hybridized carbons (Fsp3) is 0.652. The Morgan fingerprint density at radius 1 is 1.19 bits per heavy atom. The Labute approximate surface area is 186 Å². The molecule has 31 heavy (non-hydrogen) atoms. The van der Waals surface area contributed by atoms with Crippen LogP contribution in [0.3, 0.4) is 0 Å². The van der Waals surface area contributed by atoms with Crippen molar-refractivity contribution in [3.63, 3.8) is 0 Å². The number of ether oxygens (including phenoxy) is 2. The number of aliphatic imine (C=N–C) groups is 1. The fourth-order valence-corrected chi connectivity index (χ4v) is 3.46. The van der Waals surface area contributed by atoms with Crippen LogP contribution in [-0.2, 0) is 4.79 Å².